The summed E-state index contributed by atoms with van der Waals surface area (Å²) in [6, 6.07) is 11.2. The van der Waals surface area contributed by atoms with Gasteiger partial charge in [0.15, 0.2) is 0 Å². The summed E-state index contributed by atoms with van der Waals surface area (Å²) in [5.74, 6) is 0.614. The smallest absolute Gasteiger partial charge is 0.257 e. The number of nitrogens with zero attached hydrogens (tertiary/aromatic N) is 1. The molecule has 1 aliphatic rings. The minimum absolute atomic E-state index is 0.0925. The zero-order valence-electron chi connectivity index (χ0n) is 12.4. The van der Waals surface area contributed by atoms with Gasteiger partial charge < -0.3 is 10.0 Å². The Hall–Kier alpha value is -2.03. The molecule has 2 aromatic carbocycles. The summed E-state index contributed by atoms with van der Waals surface area (Å²) < 4.78 is 0. The normalized spacial score (nSPS) is 15.5. The van der Waals surface area contributed by atoms with Crippen molar-refractivity contribution in [2.45, 2.75) is 25.7 Å². The number of phenols is 1. The first-order chi connectivity index (χ1) is 10.2. The molecular formula is C18H21NO2. The number of fused-ring (bicyclic) bond motifs is 1. The van der Waals surface area contributed by atoms with Gasteiger partial charge in [-0.2, -0.15) is 0 Å². The molecule has 1 amide bonds. The number of amides is 1. The molecule has 110 valence electrons. The second-order valence-corrected chi connectivity index (χ2v) is 6.02. The Morgan fingerprint density at radius 3 is 2.67 bits per heavy atom. The van der Waals surface area contributed by atoms with Crippen molar-refractivity contribution in [3.8, 4) is 5.75 Å². The Kier molecular flexibility index (Phi) is 3.82. The molecule has 1 N–H and O–H groups in total. The average molecular weight is 283 g/mol. The summed E-state index contributed by atoms with van der Waals surface area (Å²) in [6.07, 6.45) is 4.96. The lowest BCUT2D eigenvalue weighted by molar-refractivity contribution is 0.0770. The van der Waals surface area contributed by atoms with Crippen molar-refractivity contribution in [2.24, 2.45) is 5.92 Å². The summed E-state index contributed by atoms with van der Waals surface area (Å²) in [5, 5.41) is 12.1. The fourth-order valence-corrected chi connectivity index (χ4v) is 3.30. The zero-order chi connectivity index (χ0) is 14.8. The molecule has 0 unspecified atom stereocenters. The van der Waals surface area contributed by atoms with E-state index in [1.165, 1.54) is 25.7 Å². The van der Waals surface area contributed by atoms with Crippen molar-refractivity contribution < 1.29 is 9.90 Å². The third-order valence-corrected chi connectivity index (χ3v) is 4.48. The van der Waals surface area contributed by atoms with Gasteiger partial charge in [0, 0.05) is 19.0 Å². The van der Waals surface area contributed by atoms with Gasteiger partial charge in [0.2, 0.25) is 0 Å². The van der Waals surface area contributed by atoms with Crippen LogP contribution >= 0.6 is 0 Å². The minimum atomic E-state index is -0.0925. The molecule has 3 nitrogen and oxygen atoms in total. The summed E-state index contributed by atoms with van der Waals surface area (Å²) >= 11 is 0. The first-order valence-corrected chi connectivity index (χ1v) is 7.63. The molecule has 0 bridgehead atoms. The quantitative estimate of drug-likeness (QED) is 0.930. The molecule has 1 fully saturated rings. The summed E-state index contributed by atoms with van der Waals surface area (Å²) in [7, 11) is 1.83. The van der Waals surface area contributed by atoms with Gasteiger partial charge in [-0.05, 0) is 30.2 Å². The number of carbonyl (C=O) groups excluding carboxylic acids is 1. The third-order valence-electron chi connectivity index (χ3n) is 4.48. The van der Waals surface area contributed by atoms with Crippen molar-refractivity contribution in [1.29, 1.82) is 0 Å². The number of hydrogen-bond acceptors (Lipinski definition) is 2. The monoisotopic (exact) mass is 283 g/mol. The number of aromatic hydroxyl groups is 1. The third kappa shape index (κ3) is 2.73. The molecule has 0 heterocycles. The molecule has 0 saturated heterocycles. The molecule has 0 aliphatic heterocycles. The van der Waals surface area contributed by atoms with Crippen molar-refractivity contribution in [3.05, 3.63) is 42.0 Å². The van der Waals surface area contributed by atoms with Gasteiger partial charge in [0.1, 0.15) is 5.75 Å². The lowest BCUT2D eigenvalue weighted by atomic mass is 10.0. The standard InChI is InChI=1S/C18H21NO2/c1-19(12-13-6-2-3-7-13)18(21)16-11-10-14-8-4-5-9-15(14)17(16)20/h4-5,8-11,13,20H,2-3,6-7,12H2,1H3. The Morgan fingerprint density at radius 2 is 1.90 bits per heavy atom. The van der Waals surface area contributed by atoms with Gasteiger partial charge in [-0.1, -0.05) is 43.2 Å². The van der Waals surface area contributed by atoms with Crippen molar-refractivity contribution in [3.63, 3.8) is 0 Å². The highest BCUT2D eigenvalue weighted by Gasteiger charge is 2.22. The fourth-order valence-electron chi connectivity index (χ4n) is 3.30. The number of carbonyl (C=O) groups is 1. The number of phenolic OH excluding ortho intramolecular Hbond substituents is 1. The van der Waals surface area contributed by atoms with Gasteiger partial charge in [-0.3, -0.25) is 4.79 Å². The molecule has 0 aromatic heterocycles. The Morgan fingerprint density at radius 1 is 1.19 bits per heavy atom. The second-order valence-electron chi connectivity index (χ2n) is 6.02. The fraction of sp³-hybridized carbons (Fsp3) is 0.389. The average Bonchev–Trinajstić information content (AvgIpc) is 3.00. The van der Waals surface area contributed by atoms with Gasteiger partial charge in [-0.25, -0.2) is 0 Å². The number of benzene rings is 2. The minimum Gasteiger partial charge on any atom is -0.506 e. The maximum atomic E-state index is 12.6. The molecule has 21 heavy (non-hydrogen) atoms. The maximum Gasteiger partial charge on any atom is 0.257 e. The van der Waals surface area contributed by atoms with Gasteiger partial charge in [0.05, 0.1) is 5.56 Å². The summed E-state index contributed by atoms with van der Waals surface area (Å²) in [6.45, 7) is 0.783. The Bertz CT molecular complexity index is 659. The van der Waals surface area contributed by atoms with Crippen LogP contribution in [0.2, 0.25) is 0 Å². The maximum absolute atomic E-state index is 12.6. The van der Waals surface area contributed by atoms with Gasteiger partial charge in [-0.15, -0.1) is 0 Å². The summed E-state index contributed by atoms with van der Waals surface area (Å²) in [4.78, 5) is 14.3. The van der Waals surface area contributed by atoms with Crippen LogP contribution in [0.15, 0.2) is 36.4 Å². The molecule has 2 aromatic rings. The van der Waals surface area contributed by atoms with Crippen LogP contribution in [0.25, 0.3) is 10.8 Å². The highest BCUT2D eigenvalue weighted by Crippen LogP contribution is 2.30. The molecule has 0 atom stereocenters. The van der Waals surface area contributed by atoms with Crippen LogP contribution in [0.3, 0.4) is 0 Å². The second kappa shape index (κ2) is 5.76. The van der Waals surface area contributed by atoms with Crippen LogP contribution in [-0.4, -0.2) is 29.5 Å². The molecule has 0 radical (unpaired) electrons. The zero-order valence-corrected chi connectivity index (χ0v) is 12.4. The van der Waals surface area contributed by atoms with Crippen LogP contribution in [0.1, 0.15) is 36.0 Å². The van der Waals surface area contributed by atoms with Gasteiger partial charge in [0.25, 0.3) is 5.91 Å². The Balaban J connectivity index is 1.85. The van der Waals surface area contributed by atoms with Crippen molar-refractivity contribution >= 4 is 16.7 Å². The van der Waals surface area contributed by atoms with Crippen LogP contribution in [0, 0.1) is 5.92 Å². The molecule has 1 saturated carbocycles. The van der Waals surface area contributed by atoms with Crippen LogP contribution in [0.4, 0.5) is 0 Å². The van der Waals surface area contributed by atoms with E-state index in [1.54, 1.807) is 11.0 Å². The van der Waals surface area contributed by atoms with Crippen LogP contribution in [0.5, 0.6) is 5.75 Å². The topological polar surface area (TPSA) is 40.5 Å². The predicted molar refractivity (Wildman–Crippen MR) is 84.5 cm³/mol. The molecule has 0 spiro atoms. The first kappa shape index (κ1) is 13.9. The lowest BCUT2D eigenvalue weighted by Gasteiger charge is -2.21. The van der Waals surface area contributed by atoms with E-state index in [0.717, 1.165) is 17.3 Å². The van der Waals surface area contributed by atoms with Crippen LogP contribution in [-0.2, 0) is 0 Å². The van der Waals surface area contributed by atoms with Gasteiger partial charge >= 0.3 is 0 Å². The van der Waals surface area contributed by atoms with E-state index in [1.807, 2.05) is 37.4 Å². The molecule has 3 rings (SSSR count). The van der Waals surface area contributed by atoms with E-state index < -0.39 is 0 Å². The number of rotatable bonds is 3. The lowest BCUT2D eigenvalue weighted by Crippen LogP contribution is -2.31. The van der Waals surface area contributed by atoms with Crippen molar-refractivity contribution in [1.82, 2.24) is 4.90 Å². The predicted octanol–water partition coefficient (Wildman–Crippen LogP) is 3.81. The highest BCUT2D eigenvalue weighted by atomic mass is 16.3. The largest absolute Gasteiger partial charge is 0.506 e. The van der Waals surface area contributed by atoms with Crippen molar-refractivity contribution in [2.75, 3.05) is 13.6 Å². The van der Waals surface area contributed by atoms with E-state index in [-0.39, 0.29) is 11.7 Å². The first-order valence-electron chi connectivity index (χ1n) is 7.63. The summed E-state index contributed by atoms with van der Waals surface area (Å²) in [5.41, 5.74) is 0.397. The molecule has 3 heteroatoms. The van der Waals surface area contributed by atoms with E-state index in [9.17, 15) is 9.90 Å². The highest BCUT2D eigenvalue weighted by molar-refractivity contribution is 6.03. The Labute approximate surface area is 125 Å². The SMILES string of the molecule is CN(CC1CCCC1)C(=O)c1ccc2ccccc2c1O. The molecule has 1 aliphatic carbocycles. The van der Waals surface area contributed by atoms with Crippen LogP contribution < -0.4 is 0 Å². The van der Waals surface area contributed by atoms with E-state index in [2.05, 4.69) is 0 Å². The number of hydrogen-bond donors (Lipinski definition) is 1. The van der Waals surface area contributed by atoms with E-state index in [0.29, 0.717) is 11.5 Å². The molecular weight excluding hydrogens is 262 g/mol. The van der Waals surface area contributed by atoms with E-state index >= 15 is 0 Å². The van der Waals surface area contributed by atoms with E-state index in [4.69, 9.17) is 0 Å².